The summed E-state index contributed by atoms with van der Waals surface area (Å²) in [4.78, 5) is 14.9. The number of nitrogens with zero attached hydrogens (tertiary/aromatic N) is 3. The number of aromatic nitrogens is 2. The Hall–Kier alpha value is -2.48. The number of thiazole rings is 1. The number of anilines is 1. The van der Waals surface area contributed by atoms with Crippen LogP contribution in [0.3, 0.4) is 0 Å². The number of rotatable bonds is 4. The summed E-state index contributed by atoms with van der Waals surface area (Å²) in [5.74, 6) is 0.621. The molecular formula is C12H10N4O3S. The maximum atomic E-state index is 11.2. The van der Waals surface area contributed by atoms with Gasteiger partial charge in [0, 0.05) is 6.07 Å². The van der Waals surface area contributed by atoms with Gasteiger partial charge in [0.1, 0.15) is 5.69 Å². The molecule has 3 aromatic rings. The Morgan fingerprint density at radius 2 is 2.35 bits per heavy atom. The van der Waals surface area contributed by atoms with E-state index >= 15 is 0 Å². The van der Waals surface area contributed by atoms with Crippen LogP contribution in [0.5, 0.6) is 0 Å². The smallest absolute Gasteiger partial charge is 0.319 e. The van der Waals surface area contributed by atoms with Crippen molar-refractivity contribution in [3.8, 4) is 0 Å². The molecule has 0 saturated carbocycles. The maximum Gasteiger partial charge on any atom is 0.319 e. The fourth-order valence-corrected chi connectivity index (χ4v) is 2.61. The van der Waals surface area contributed by atoms with Gasteiger partial charge in [-0.15, -0.1) is 11.3 Å². The third-order valence-corrected chi connectivity index (χ3v) is 3.58. The number of hydrogen-bond donors (Lipinski definition) is 1. The summed E-state index contributed by atoms with van der Waals surface area (Å²) in [6, 6.07) is 5.27. The molecule has 1 N–H and O–H groups in total. The summed E-state index contributed by atoms with van der Waals surface area (Å²) in [6.07, 6.45) is 0. The van der Waals surface area contributed by atoms with Crippen LogP contribution >= 0.6 is 11.3 Å². The average molecular weight is 290 g/mol. The van der Waals surface area contributed by atoms with Gasteiger partial charge in [-0.1, -0.05) is 5.16 Å². The van der Waals surface area contributed by atoms with E-state index in [2.05, 4.69) is 15.5 Å². The number of nitro groups is 1. The van der Waals surface area contributed by atoms with Gasteiger partial charge in [-0.2, -0.15) is 0 Å². The van der Waals surface area contributed by atoms with Gasteiger partial charge in [0.05, 0.1) is 27.4 Å². The largest absolute Gasteiger partial charge is 0.372 e. The highest BCUT2D eigenvalue weighted by atomic mass is 32.1. The van der Waals surface area contributed by atoms with E-state index in [0.29, 0.717) is 23.5 Å². The highest BCUT2D eigenvalue weighted by molar-refractivity contribution is 7.16. The highest BCUT2D eigenvalue weighted by Crippen LogP contribution is 2.34. The fraction of sp³-hybridized carbons (Fsp3) is 0.167. The first-order valence-electron chi connectivity index (χ1n) is 5.82. The van der Waals surface area contributed by atoms with E-state index in [1.54, 1.807) is 17.6 Å². The van der Waals surface area contributed by atoms with E-state index in [-0.39, 0.29) is 5.69 Å². The van der Waals surface area contributed by atoms with Gasteiger partial charge < -0.3 is 9.84 Å². The zero-order valence-electron chi connectivity index (χ0n) is 10.5. The average Bonchev–Trinajstić information content (AvgIpc) is 3.03. The molecule has 3 rings (SSSR count). The number of fused-ring (bicyclic) bond motifs is 1. The van der Waals surface area contributed by atoms with Crippen molar-refractivity contribution in [3.63, 3.8) is 0 Å². The Bertz CT molecular complexity index is 780. The molecule has 0 atom stereocenters. The molecule has 0 spiro atoms. The summed E-state index contributed by atoms with van der Waals surface area (Å²) in [6.45, 7) is 2.15. The molecule has 7 nitrogen and oxygen atoms in total. The van der Waals surface area contributed by atoms with Crippen molar-refractivity contribution in [1.29, 1.82) is 0 Å². The summed E-state index contributed by atoms with van der Waals surface area (Å²) in [7, 11) is 0. The maximum absolute atomic E-state index is 11.2. The predicted molar refractivity (Wildman–Crippen MR) is 74.8 cm³/mol. The zero-order valence-corrected chi connectivity index (χ0v) is 11.3. The third kappa shape index (κ3) is 2.21. The lowest BCUT2D eigenvalue weighted by Crippen LogP contribution is -2.02. The predicted octanol–water partition coefficient (Wildman–Crippen LogP) is 3.11. The molecule has 2 heterocycles. The molecule has 0 amide bonds. The summed E-state index contributed by atoms with van der Waals surface area (Å²) in [5, 5.41) is 18.0. The van der Waals surface area contributed by atoms with Crippen LogP contribution in [-0.2, 0) is 6.54 Å². The van der Waals surface area contributed by atoms with E-state index < -0.39 is 4.92 Å². The number of nitro benzene ring substituents is 1. The molecule has 2 aromatic heterocycles. The lowest BCUT2D eigenvalue weighted by molar-refractivity contribution is -0.382. The summed E-state index contributed by atoms with van der Waals surface area (Å²) >= 11 is 1.37. The van der Waals surface area contributed by atoms with Crippen LogP contribution in [0.25, 0.3) is 10.2 Å². The molecule has 0 saturated heterocycles. The highest BCUT2D eigenvalue weighted by Gasteiger charge is 2.20. The Labute approximate surface area is 117 Å². The van der Waals surface area contributed by atoms with Gasteiger partial charge in [-0.3, -0.25) is 10.1 Å². The molecule has 0 aliphatic heterocycles. The van der Waals surface area contributed by atoms with E-state index in [1.165, 1.54) is 11.3 Å². The fourth-order valence-electron chi connectivity index (χ4n) is 1.93. The van der Waals surface area contributed by atoms with E-state index in [0.717, 1.165) is 10.4 Å². The van der Waals surface area contributed by atoms with Gasteiger partial charge in [0.25, 0.3) is 0 Å². The van der Waals surface area contributed by atoms with Crippen LogP contribution in [0.15, 0.2) is 28.2 Å². The van der Waals surface area contributed by atoms with Crippen LogP contribution in [0.4, 0.5) is 11.4 Å². The first-order valence-corrected chi connectivity index (χ1v) is 6.70. The number of aryl methyl sites for hydroxylation is 1. The van der Waals surface area contributed by atoms with Crippen LogP contribution in [0, 0.1) is 17.0 Å². The van der Waals surface area contributed by atoms with E-state index in [4.69, 9.17) is 4.52 Å². The molecule has 0 bridgehead atoms. The standard InChI is InChI=1S/C12H10N4O3S/c1-7-4-8(19-15-7)5-13-9-2-3-10-11(14-6-20-10)12(9)16(17)18/h2-4,6,13H,5H2,1H3. The van der Waals surface area contributed by atoms with E-state index in [1.807, 2.05) is 13.0 Å². The van der Waals surface area contributed by atoms with Crippen molar-refractivity contribution < 1.29 is 9.45 Å². The molecule has 0 aliphatic rings. The molecule has 8 heteroatoms. The Balaban J connectivity index is 1.94. The molecule has 1 aromatic carbocycles. The summed E-state index contributed by atoms with van der Waals surface area (Å²) in [5.41, 5.74) is 3.17. The molecule has 0 aliphatic carbocycles. The zero-order chi connectivity index (χ0) is 14.1. The van der Waals surface area contributed by atoms with Gasteiger partial charge >= 0.3 is 5.69 Å². The lowest BCUT2D eigenvalue weighted by atomic mass is 10.2. The number of hydrogen-bond acceptors (Lipinski definition) is 7. The quantitative estimate of drug-likeness (QED) is 0.586. The molecule has 0 fully saturated rings. The lowest BCUT2D eigenvalue weighted by Gasteiger charge is -2.05. The minimum absolute atomic E-state index is 0.0139. The molecule has 0 unspecified atom stereocenters. The first-order chi connectivity index (χ1) is 9.65. The third-order valence-electron chi connectivity index (χ3n) is 2.79. The Kier molecular flexibility index (Phi) is 3.07. The second kappa shape index (κ2) is 4.89. The molecule has 20 heavy (non-hydrogen) atoms. The van der Waals surface area contributed by atoms with Gasteiger partial charge in [-0.05, 0) is 19.1 Å². The minimum Gasteiger partial charge on any atom is -0.372 e. The van der Waals surface area contributed by atoms with Crippen LogP contribution in [0.1, 0.15) is 11.5 Å². The van der Waals surface area contributed by atoms with Crippen molar-refractivity contribution in [1.82, 2.24) is 10.1 Å². The topological polar surface area (TPSA) is 94.1 Å². The van der Waals surface area contributed by atoms with Crippen LogP contribution in [0.2, 0.25) is 0 Å². The van der Waals surface area contributed by atoms with E-state index in [9.17, 15) is 10.1 Å². The van der Waals surface area contributed by atoms with Crippen molar-refractivity contribution in [2.75, 3.05) is 5.32 Å². The SMILES string of the molecule is Cc1cc(CNc2ccc3scnc3c2[N+](=O)[O-])on1. The number of nitrogens with one attached hydrogen (secondary N) is 1. The van der Waals surface area contributed by atoms with Crippen molar-refractivity contribution in [2.45, 2.75) is 13.5 Å². The van der Waals surface area contributed by atoms with Crippen LogP contribution < -0.4 is 5.32 Å². The van der Waals surface area contributed by atoms with Crippen LogP contribution in [-0.4, -0.2) is 15.1 Å². The van der Waals surface area contributed by atoms with Gasteiger partial charge in [-0.25, -0.2) is 4.98 Å². The Morgan fingerprint density at radius 3 is 3.05 bits per heavy atom. The summed E-state index contributed by atoms with van der Waals surface area (Å²) < 4.78 is 5.85. The first kappa shape index (κ1) is 12.5. The minimum atomic E-state index is -0.421. The molecule has 0 radical (unpaired) electrons. The van der Waals surface area contributed by atoms with Gasteiger partial charge in [0.2, 0.25) is 0 Å². The van der Waals surface area contributed by atoms with Crippen molar-refractivity contribution in [2.24, 2.45) is 0 Å². The second-order valence-corrected chi connectivity index (χ2v) is 5.09. The molecule has 102 valence electrons. The normalized spacial score (nSPS) is 10.8. The number of benzene rings is 1. The van der Waals surface area contributed by atoms with Crippen molar-refractivity contribution in [3.05, 3.63) is 45.3 Å². The second-order valence-electron chi connectivity index (χ2n) is 4.21. The van der Waals surface area contributed by atoms with Crippen molar-refractivity contribution >= 4 is 32.9 Å². The monoisotopic (exact) mass is 290 g/mol. The Morgan fingerprint density at radius 1 is 1.50 bits per heavy atom. The molecular weight excluding hydrogens is 280 g/mol. The van der Waals surface area contributed by atoms with Gasteiger partial charge in [0.15, 0.2) is 11.3 Å².